The fraction of sp³-hybridized carbons (Fsp3) is 0.385. The Hall–Kier alpha value is -4.34. The van der Waals surface area contributed by atoms with Gasteiger partial charge in [0, 0.05) is 18.5 Å². The zero-order chi connectivity index (χ0) is 27.0. The first-order valence-corrected chi connectivity index (χ1v) is 12.0. The number of aliphatic hydroxyl groups excluding tert-OH is 2. The number of rotatable bonds is 6. The van der Waals surface area contributed by atoms with Gasteiger partial charge < -0.3 is 35.2 Å². The van der Waals surface area contributed by atoms with Gasteiger partial charge in [-0.2, -0.15) is 0 Å². The standard InChI is InChI=1S/C26H27N5O7/c1-37-17-5-3-15-12-30(23(34)18(15)11-17)14-26(24(35)28-25(36)29-26)10-9-19-20(38-2)6-7-21(27-19)31-16(13-32)4-8-22(31)33/h3,5-7,11,16,24,32,35H,4,8,12-14H2,1-2H3,(H2,28,29,36). The van der Waals surface area contributed by atoms with E-state index in [-0.39, 0.29) is 37.2 Å². The predicted molar refractivity (Wildman–Crippen MR) is 133 cm³/mol. The molecule has 198 valence electrons. The number of amides is 4. The van der Waals surface area contributed by atoms with Gasteiger partial charge in [-0.15, -0.1) is 0 Å². The first-order chi connectivity index (χ1) is 18.3. The number of urea groups is 1. The van der Waals surface area contributed by atoms with Crippen LogP contribution < -0.4 is 25.0 Å². The zero-order valence-electron chi connectivity index (χ0n) is 20.9. The first kappa shape index (κ1) is 25.3. The Morgan fingerprint density at radius 2 is 2.00 bits per heavy atom. The van der Waals surface area contributed by atoms with E-state index in [2.05, 4.69) is 27.5 Å². The van der Waals surface area contributed by atoms with Gasteiger partial charge >= 0.3 is 6.03 Å². The number of carbonyl (C=O) groups excluding carboxylic acids is 3. The van der Waals surface area contributed by atoms with E-state index in [0.29, 0.717) is 35.7 Å². The average molecular weight is 522 g/mol. The number of hydrogen-bond donors (Lipinski definition) is 4. The Morgan fingerprint density at radius 3 is 2.68 bits per heavy atom. The van der Waals surface area contributed by atoms with Gasteiger partial charge in [-0.3, -0.25) is 14.5 Å². The summed E-state index contributed by atoms with van der Waals surface area (Å²) in [6.07, 6.45) is -0.623. The number of hydrogen-bond acceptors (Lipinski definition) is 8. The Morgan fingerprint density at radius 1 is 1.18 bits per heavy atom. The highest BCUT2D eigenvalue weighted by Gasteiger charge is 2.48. The molecular formula is C26H27N5O7. The number of nitrogens with zero attached hydrogens (tertiary/aromatic N) is 3. The molecule has 0 spiro atoms. The molecule has 0 bridgehead atoms. The van der Waals surface area contributed by atoms with Gasteiger partial charge in [0.2, 0.25) is 5.91 Å². The van der Waals surface area contributed by atoms with Crippen LogP contribution in [0, 0.1) is 11.8 Å². The van der Waals surface area contributed by atoms with E-state index < -0.39 is 23.8 Å². The van der Waals surface area contributed by atoms with Gasteiger partial charge in [0.05, 0.1) is 33.4 Å². The molecule has 2 fully saturated rings. The highest BCUT2D eigenvalue weighted by molar-refractivity contribution is 5.99. The quantitative estimate of drug-likeness (QED) is 0.387. The molecule has 3 atom stereocenters. The van der Waals surface area contributed by atoms with Crippen LogP contribution in [-0.4, -0.2) is 83.1 Å². The minimum atomic E-state index is -1.56. The molecule has 1 aromatic heterocycles. The number of methoxy groups -OCH3 is 2. The molecule has 3 aliphatic heterocycles. The summed E-state index contributed by atoms with van der Waals surface area (Å²) in [7, 11) is 2.96. The number of aromatic nitrogens is 1. The van der Waals surface area contributed by atoms with Gasteiger partial charge in [0.1, 0.15) is 11.6 Å². The van der Waals surface area contributed by atoms with Crippen LogP contribution in [0.2, 0.25) is 0 Å². The van der Waals surface area contributed by atoms with Crippen molar-refractivity contribution in [2.75, 3.05) is 32.3 Å². The van der Waals surface area contributed by atoms with Crippen molar-refractivity contribution >= 4 is 23.7 Å². The SMILES string of the molecule is COc1ccc2c(c1)C(=O)N(CC1(C#Cc3nc(N4C(=O)CCC4CO)ccc3OC)NC(=O)NC1O)C2. The second-order valence-corrected chi connectivity index (χ2v) is 9.27. The molecule has 2 aromatic rings. The second-order valence-electron chi connectivity index (χ2n) is 9.27. The molecule has 4 heterocycles. The van der Waals surface area contributed by atoms with E-state index in [9.17, 15) is 24.6 Å². The Kier molecular flexibility index (Phi) is 6.56. The lowest BCUT2D eigenvalue weighted by Crippen LogP contribution is -2.56. The molecular weight excluding hydrogens is 494 g/mol. The van der Waals surface area contributed by atoms with Gasteiger partial charge in [0.15, 0.2) is 23.2 Å². The Labute approximate surface area is 218 Å². The van der Waals surface area contributed by atoms with Gasteiger partial charge in [-0.25, -0.2) is 9.78 Å². The van der Waals surface area contributed by atoms with Crippen LogP contribution in [0.4, 0.5) is 10.6 Å². The predicted octanol–water partition coefficient (Wildman–Crippen LogP) is -0.0360. The van der Waals surface area contributed by atoms with Gasteiger partial charge in [0.25, 0.3) is 5.91 Å². The summed E-state index contributed by atoms with van der Waals surface area (Å²) in [4.78, 5) is 45.2. The molecule has 0 saturated carbocycles. The van der Waals surface area contributed by atoms with Crippen LogP contribution in [0.5, 0.6) is 11.5 Å². The maximum absolute atomic E-state index is 13.2. The minimum Gasteiger partial charge on any atom is -0.497 e. The van der Waals surface area contributed by atoms with Gasteiger partial charge in [-0.05, 0) is 42.2 Å². The summed E-state index contributed by atoms with van der Waals surface area (Å²) in [5.41, 5.74) is -0.132. The molecule has 12 nitrogen and oxygen atoms in total. The molecule has 0 aliphatic carbocycles. The lowest BCUT2D eigenvalue weighted by molar-refractivity contribution is -0.117. The summed E-state index contributed by atoms with van der Waals surface area (Å²) >= 11 is 0. The average Bonchev–Trinajstić information content (AvgIpc) is 3.54. The van der Waals surface area contributed by atoms with Crippen molar-refractivity contribution in [1.82, 2.24) is 20.5 Å². The maximum Gasteiger partial charge on any atom is 0.318 e. The number of pyridine rings is 1. The summed E-state index contributed by atoms with van der Waals surface area (Å²) < 4.78 is 10.6. The number of nitrogens with one attached hydrogen (secondary N) is 2. The van der Waals surface area contributed by atoms with Crippen molar-refractivity contribution < 1.29 is 34.1 Å². The van der Waals surface area contributed by atoms with Crippen molar-refractivity contribution in [2.45, 2.75) is 37.2 Å². The van der Waals surface area contributed by atoms with Crippen LogP contribution in [0.3, 0.4) is 0 Å². The minimum absolute atomic E-state index is 0.116. The van der Waals surface area contributed by atoms with Crippen LogP contribution >= 0.6 is 0 Å². The van der Waals surface area contributed by atoms with Crippen LogP contribution in [0.25, 0.3) is 0 Å². The van der Waals surface area contributed by atoms with Gasteiger partial charge in [-0.1, -0.05) is 12.0 Å². The molecule has 5 rings (SSSR count). The third-order valence-corrected chi connectivity index (χ3v) is 6.96. The molecule has 0 radical (unpaired) electrons. The lowest BCUT2D eigenvalue weighted by atomic mass is 9.98. The van der Waals surface area contributed by atoms with Crippen molar-refractivity contribution in [3.8, 4) is 23.3 Å². The summed E-state index contributed by atoms with van der Waals surface area (Å²) in [6.45, 7) is -0.0542. The maximum atomic E-state index is 13.2. The molecule has 4 N–H and O–H groups in total. The van der Waals surface area contributed by atoms with E-state index in [1.54, 1.807) is 30.3 Å². The fourth-order valence-corrected chi connectivity index (χ4v) is 4.94. The molecule has 12 heteroatoms. The first-order valence-electron chi connectivity index (χ1n) is 12.0. The highest BCUT2D eigenvalue weighted by atomic mass is 16.5. The number of benzene rings is 1. The van der Waals surface area contributed by atoms with E-state index in [0.717, 1.165) is 5.56 Å². The van der Waals surface area contributed by atoms with Crippen molar-refractivity contribution in [2.24, 2.45) is 0 Å². The van der Waals surface area contributed by atoms with E-state index >= 15 is 0 Å². The molecule has 2 saturated heterocycles. The number of anilines is 1. The van der Waals surface area contributed by atoms with E-state index in [1.807, 2.05) is 0 Å². The molecule has 3 aliphatic rings. The highest BCUT2D eigenvalue weighted by Crippen LogP contribution is 2.30. The topological polar surface area (TPSA) is 154 Å². The number of fused-ring (bicyclic) bond motifs is 1. The summed E-state index contributed by atoms with van der Waals surface area (Å²) in [6, 6.07) is 7.39. The number of ether oxygens (including phenoxy) is 2. The lowest BCUT2D eigenvalue weighted by Gasteiger charge is -2.30. The summed E-state index contributed by atoms with van der Waals surface area (Å²) in [5.74, 6) is 6.50. The third kappa shape index (κ3) is 4.36. The zero-order valence-corrected chi connectivity index (χ0v) is 20.9. The monoisotopic (exact) mass is 521 g/mol. The molecule has 4 amide bonds. The van der Waals surface area contributed by atoms with Crippen molar-refractivity contribution in [3.05, 3.63) is 47.2 Å². The van der Waals surface area contributed by atoms with E-state index in [4.69, 9.17) is 9.47 Å². The Bertz CT molecular complexity index is 1370. The van der Waals surface area contributed by atoms with Crippen molar-refractivity contribution in [1.29, 1.82) is 0 Å². The molecule has 38 heavy (non-hydrogen) atoms. The van der Waals surface area contributed by atoms with Crippen molar-refractivity contribution in [3.63, 3.8) is 0 Å². The van der Waals surface area contributed by atoms with Crippen LogP contribution in [-0.2, 0) is 11.3 Å². The van der Waals surface area contributed by atoms with Crippen LogP contribution in [0.1, 0.15) is 34.5 Å². The van der Waals surface area contributed by atoms with E-state index in [1.165, 1.54) is 24.0 Å². The largest absolute Gasteiger partial charge is 0.497 e. The smallest absolute Gasteiger partial charge is 0.318 e. The number of carbonyl (C=O) groups is 3. The fourth-order valence-electron chi connectivity index (χ4n) is 4.94. The normalized spacial score (nSPS) is 24.1. The summed E-state index contributed by atoms with van der Waals surface area (Å²) in [5, 5.41) is 25.5. The third-order valence-electron chi connectivity index (χ3n) is 6.96. The number of aliphatic hydroxyl groups is 2. The van der Waals surface area contributed by atoms with Crippen LogP contribution in [0.15, 0.2) is 30.3 Å². The Balaban J connectivity index is 1.48. The molecule has 1 aromatic carbocycles. The molecule has 3 unspecified atom stereocenters. The second kappa shape index (κ2) is 9.85.